The molecule has 1 N–H and O–H groups in total. The van der Waals surface area contributed by atoms with Crippen molar-refractivity contribution < 1.29 is 4.74 Å². The molecule has 2 nitrogen and oxygen atoms in total. The highest BCUT2D eigenvalue weighted by Crippen LogP contribution is 2.25. The van der Waals surface area contributed by atoms with Gasteiger partial charge in [-0.3, -0.25) is 0 Å². The fourth-order valence-electron chi connectivity index (χ4n) is 2.16. The van der Waals surface area contributed by atoms with Crippen LogP contribution in [0.25, 0.3) is 0 Å². The first-order valence-corrected chi connectivity index (χ1v) is 6.88. The van der Waals surface area contributed by atoms with Crippen LogP contribution >= 0.6 is 23.2 Å². The van der Waals surface area contributed by atoms with Crippen LogP contribution in [0.3, 0.4) is 0 Å². The normalized spacial score (nSPS) is 16.9. The van der Waals surface area contributed by atoms with Crippen molar-refractivity contribution in [2.45, 2.75) is 25.3 Å². The van der Waals surface area contributed by atoms with Crippen LogP contribution < -0.4 is 5.32 Å². The van der Waals surface area contributed by atoms with Gasteiger partial charge < -0.3 is 10.1 Å². The van der Waals surface area contributed by atoms with Crippen molar-refractivity contribution in [1.82, 2.24) is 5.32 Å². The van der Waals surface area contributed by atoms with E-state index in [1.165, 1.54) is 11.1 Å². The molecule has 1 aromatic rings. The Labute approximate surface area is 118 Å². The van der Waals surface area contributed by atoms with Crippen molar-refractivity contribution in [3.05, 3.63) is 45.6 Å². The van der Waals surface area contributed by atoms with Crippen LogP contribution in [0.1, 0.15) is 18.4 Å². The van der Waals surface area contributed by atoms with Crippen molar-refractivity contribution in [2.24, 2.45) is 0 Å². The highest BCUT2D eigenvalue weighted by atomic mass is 35.5. The Kier molecular flexibility index (Phi) is 4.93. The molecule has 0 aliphatic carbocycles. The van der Waals surface area contributed by atoms with Crippen molar-refractivity contribution in [1.29, 1.82) is 0 Å². The molecule has 0 aromatic heterocycles. The number of likely N-dealkylation sites (N-methyl/N-ethyl adjacent to an activating group) is 1. The summed E-state index contributed by atoms with van der Waals surface area (Å²) in [6, 6.07) is 6.08. The van der Waals surface area contributed by atoms with E-state index in [9.17, 15) is 0 Å². The van der Waals surface area contributed by atoms with Gasteiger partial charge in [-0.2, -0.15) is 0 Å². The average molecular weight is 286 g/mol. The second kappa shape index (κ2) is 6.46. The van der Waals surface area contributed by atoms with Crippen molar-refractivity contribution in [2.75, 3.05) is 13.7 Å². The summed E-state index contributed by atoms with van der Waals surface area (Å²) in [5, 5.41) is 4.54. The monoisotopic (exact) mass is 285 g/mol. The first-order chi connectivity index (χ1) is 8.70. The van der Waals surface area contributed by atoms with Crippen LogP contribution in [0.4, 0.5) is 0 Å². The number of hydrogen-bond acceptors (Lipinski definition) is 2. The minimum absolute atomic E-state index is 0.294. The van der Waals surface area contributed by atoms with E-state index in [2.05, 4.69) is 5.32 Å². The standard InChI is InChI=1S/C14H17Cl2NO/c1-17-14(11-3-2-6-18-9-11)8-10-4-5-12(15)13(16)7-10/h4-5,7,9,14,17H,2-3,6,8H2,1H3. The zero-order valence-electron chi connectivity index (χ0n) is 10.4. The molecule has 1 heterocycles. The van der Waals surface area contributed by atoms with E-state index in [0.29, 0.717) is 16.1 Å². The maximum atomic E-state index is 6.03. The molecule has 0 spiro atoms. The second-order valence-electron chi connectivity index (χ2n) is 4.46. The van der Waals surface area contributed by atoms with E-state index in [1.54, 1.807) is 0 Å². The Morgan fingerprint density at radius 2 is 2.17 bits per heavy atom. The summed E-state index contributed by atoms with van der Waals surface area (Å²) in [6.07, 6.45) is 4.96. The highest BCUT2D eigenvalue weighted by molar-refractivity contribution is 6.42. The number of halogens is 2. The molecule has 2 rings (SSSR count). The summed E-state index contributed by atoms with van der Waals surface area (Å²) >= 11 is 12.0. The lowest BCUT2D eigenvalue weighted by molar-refractivity contribution is 0.219. The Morgan fingerprint density at radius 3 is 2.78 bits per heavy atom. The first-order valence-electron chi connectivity index (χ1n) is 6.12. The predicted molar refractivity (Wildman–Crippen MR) is 76.3 cm³/mol. The summed E-state index contributed by atoms with van der Waals surface area (Å²) in [6.45, 7) is 0.826. The Morgan fingerprint density at radius 1 is 1.33 bits per heavy atom. The molecule has 1 atom stereocenters. The molecule has 0 saturated carbocycles. The van der Waals surface area contributed by atoms with E-state index in [-0.39, 0.29) is 0 Å². The van der Waals surface area contributed by atoms with Gasteiger partial charge in [-0.1, -0.05) is 29.3 Å². The molecule has 1 aromatic carbocycles. The Balaban J connectivity index is 2.09. The van der Waals surface area contributed by atoms with Gasteiger partial charge in [0.25, 0.3) is 0 Å². The maximum Gasteiger partial charge on any atom is 0.0876 e. The second-order valence-corrected chi connectivity index (χ2v) is 5.28. The molecule has 18 heavy (non-hydrogen) atoms. The van der Waals surface area contributed by atoms with Gasteiger partial charge in [0, 0.05) is 6.04 Å². The summed E-state index contributed by atoms with van der Waals surface area (Å²) in [5.41, 5.74) is 2.49. The number of hydrogen-bond donors (Lipinski definition) is 1. The summed E-state index contributed by atoms with van der Waals surface area (Å²) in [4.78, 5) is 0. The molecule has 1 unspecified atom stereocenters. The van der Waals surface area contributed by atoms with Crippen LogP contribution in [-0.4, -0.2) is 19.7 Å². The molecular formula is C14H17Cl2NO. The van der Waals surface area contributed by atoms with Crippen LogP contribution in [0.5, 0.6) is 0 Å². The van der Waals surface area contributed by atoms with E-state index >= 15 is 0 Å². The molecule has 0 amide bonds. The van der Waals surface area contributed by atoms with Crippen LogP contribution in [0, 0.1) is 0 Å². The topological polar surface area (TPSA) is 21.3 Å². The van der Waals surface area contributed by atoms with Crippen molar-refractivity contribution in [3.8, 4) is 0 Å². The molecular weight excluding hydrogens is 269 g/mol. The maximum absolute atomic E-state index is 6.03. The lowest BCUT2D eigenvalue weighted by Crippen LogP contribution is -2.31. The van der Waals surface area contributed by atoms with E-state index < -0.39 is 0 Å². The molecule has 1 aliphatic heterocycles. The number of nitrogens with one attached hydrogen (secondary N) is 1. The quantitative estimate of drug-likeness (QED) is 0.908. The SMILES string of the molecule is CNC(Cc1ccc(Cl)c(Cl)c1)C1=COCCC1. The number of ether oxygens (including phenoxy) is 1. The van der Waals surface area contributed by atoms with Gasteiger partial charge in [-0.05, 0) is 49.6 Å². The molecule has 0 radical (unpaired) electrons. The fourth-order valence-corrected chi connectivity index (χ4v) is 2.48. The molecule has 0 saturated heterocycles. The van der Waals surface area contributed by atoms with E-state index in [4.69, 9.17) is 27.9 Å². The van der Waals surface area contributed by atoms with Gasteiger partial charge in [-0.15, -0.1) is 0 Å². The molecule has 98 valence electrons. The van der Waals surface area contributed by atoms with Gasteiger partial charge >= 0.3 is 0 Å². The largest absolute Gasteiger partial charge is 0.501 e. The van der Waals surface area contributed by atoms with Crippen LogP contribution in [-0.2, 0) is 11.2 Å². The third-order valence-electron chi connectivity index (χ3n) is 3.18. The van der Waals surface area contributed by atoms with Gasteiger partial charge in [-0.25, -0.2) is 0 Å². The zero-order valence-corrected chi connectivity index (χ0v) is 11.9. The number of benzene rings is 1. The predicted octanol–water partition coefficient (Wildman–Crippen LogP) is 3.82. The van der Waals surface area contributed by atoms with Gasteiger partial charge in [0.05, 0.1) is 22.9 Å². The Hall–Kier alpha value is -0.700. The zero-order chi connectivity index (χ0) is 13.0. The summed E-state index contributed by atoms with van der Waals surface area (Å²) in [5.74, 6) is 0. The lowest BCUT2D eigenvalue weighted by atomic mass is 9.96. The van der Waals surface area contributed by atoms with Gasteiger partial charge in [0.2, 0.25) is 0 Å². The Bertz CT molecular complexity index is 445. The van der Waals surface area contributed by atoms with Crippen molar-refractivity contribution in [3.63, 3.8) is 0 Å². The summed E-state index contributed by atoms with van der Waals surface area (Å²) < 4.78 is 5.40. The fraction of sp³-hybridized carbons (Fsp3) is 0.429. The lowest BCUT2D eigenvalue weighted by Gasteiger charge is -2.23. The molecule has 0 fully saturated rings. The molecule has 4 heteroatoms. The molecule has 0 bridgehead atoms. The smallest absolute Gasteiger partial charge is 0.0876 e. The third-order valence-corrected chi connectivity index (χ3v) is 3.92. The van der Waals surface area contributed by atoms with Crippen molar-refractivity contribution >= 4 is 23.2 Å². The molecule has 1 aliphatic rings. The van der Waals surface area contributed by atoms with Gasteiger partial charge in [0.1, 0.15) is 0 Å². The summed E-state index contributed by atoms with van der Waals surface area (Å²) in [7, 11) is 1.97. The minimum atomic E-state index is 0.294. The average Bonchev–Trinajstić information content (AvgIpc) is 2.41. The van der Waals surface area contributed by atoms with Crippen LogP contribution in [0.2, 0.25) is 10.0 Å². The van der Waals surface area contributed by atoms with E-state index in [0.717, 1.165) is 25.9 Å². The third kappa shape index (κ3) is 3.41. The number of rotatable bonds is 4. The van der Waals surface area contributed by atoms with E-state index in [1.807, 2.05) is 31.5 Å². The van der Waals surface area contributed by atoms with Crippen LogP contribution in [0.15, 0.2) is 30.0 Å². The highest BCUT2D eigenvalue weighted by Gasteiger charge is 2.16. The van der Waals surface area contributed by atoms with Gasteiger partial charge in [0.15, 0.2) is 0 Å². The minimum Gasteiger partial charge on any atom is -0.501 e. The first kappa shape index (κ1) is 13.7.